The average Bonchev–Trinajstić information content (AvgIpc) is 2.92. The minimum Gasteiger partial charge on any atom is -0.480 e. The van der Waals surface area contributed by atoms with E-state index in [1.165, 1.54) is 13.1 Å². The van der Waals surface area contributed by atoms with E-state index in [4.69, 9.17) is 5.11 Å². The minimum absolute atomic E-state index is 0.416. The van der Waals surface area contributed by atoms with E-state index < -0.39 is 17.9 Å². The molecule has 2 N–H and O–H groups in total. The largest absolute Gasteiger partial charge is 0.480 e. The number of carboxylic acids is 1. The molecule has 0 aliphatic rings. The maximum Gasteiger partial charge on any atom is 0.325 e. The van der Waals surface area contributed by atoms with E-state index in [2.05, 4.69) is 10.4 Å². The summed E-state index contributed by atoms with van der Waals surface area (Å²) in [5, 5.41) is 15.7. The molecule has 22 heavy (non-hydrogen) atoms. The molecule has 0 unspecified atom stereocenters. The third kappa shape index (κ3) is 3.33. The van der Waals surface area contributed by atoms with Crippen LogP contribution in [0, 0.1) is 0 Å². The lowest BCUT2D eigenvalue weighted by atomic mass is 10.1. The summed E-state index contributed by atoms with van der Waals surface area (Å²) in [5.41, 5.74) is 2.07. The molecule has 1 aromatic carbocycles. The summed E-state index contributed by atoms with van der Waals surface area (Å²) >= 11 is 0. The van der Waals surface area contributed by atoms with E-state index in [0.29, 0.717) is 12.0 Å². The Bertz CT molecular complexity index is 665. The molecular formula is C16H19N3O3. The lowest BCUT2D eigenvalue weighted by Crippen LogP contribution is -2.38. The van der Waals surface area contributed by atoms with Crippen LogP contribution in [0.15, 0.2) is 36.5 Å². The Hall–Kier alpha value is -2.63. The molecule has 6 heteroatoms. The number of amides is 1. The summed E-state index contributed by atoms with van der Waals surface area (Å²) in [6.07, 6.45) is 3.02. The van der Waals surface area contributed by atoms with Crippen LogP contribution in [0.2, 0.25) is 0 Å². The van der Waals surface area contributed by atoms with E-state index in [-0.39, 0.29) is 0 Å². The van der Waals surface area contributed by atoms with Gasteiger partial charge in [-0.25, -0.2) is 4.68 Å². The van der Waals surface area contributed by atoms with Crippen LogP contribution in [-0.4, -0.2) is 32.8 Å². The van der Waals surface area contributed by atoms with Crippen molar-refractivity contribution in [3.8, 4) is 5.69 Å². The highest BCUT2D eigenvalue weighted by atomic mass is 16.4. The normalized spacial score (nSPS) is 11.9. The summed E-state index contributed by atoms with van der Waals surface area (Å²) in [5.74, 6) is -1.48. The molecule has 0 saturated carbocycles. The van der Waals surface area contributed by atoms with Crippen LogP contribution in [-0.2, 0) is 11.2 Å². The monoisotopic (exact) mass is 301 g/mol. The van der Waals surface area contributed by atoms with E-state index >= 15 is 0 Å². The van der Waals surface area contributed by atoms with Gasteiger partial charge in [0.2, 0.25) is 0 Å². The SMILES string of the molecule is CCCc1c(C(=O)N[C@H](C)C(=O)O)cnn1-c1ccccc1. The van der Waals surface area contributed by atoms with E-state index in [0.717, 1.165) is 17.8 Å². The van der Waals surface area contributed by atoms with Crippen LogP contribution in [0.3, 0.4) is 0 Å². The maximum absolute atomic E-state index is 12.3. The predicted octanol–water partition coefficient (Wildman–Crippen LogP) is 2.03. The van der Waals surface area contributed by atoms with Gasteiger partial charge in [0.15, 0.2) is 0 Å². The van der Waals surface area contributed by atoms with Crippen molar-refractivity contribution in [1.29, 1.82) is 0 Å². The van der Waals surface area contributed by atoms with Crippen molar-refractivity contribution in [2.45, 2.75) is 32.7 Å². The first-order valence-corrected chi connectivity index (χ1v) is 7.20. The van der Waals surface area contributed by atoms with Crippen molar-refractivity contribution >= 4 is 11.9 Å². The van der Waals surface area contributed by atoms with Crippen LogP contribution in [0.25, 0.3) is 5.69 Å². The van der Waals surface area contributed by atoms with E-state index in [1.54, 1.807) is 4.68 Å². The van der Waals surface area contributed by atoms with Gasteiger partial charge in [0.1, 0.15) is 6.04 Å². The van der Waals surface area contributed by atoms with Crippen molar-refractivity contribution in [2.24, 2.45) is 0 Å². The molecular weight excluding hydrogens is 282 g/mol. The number of carbonyl (C=O) groups excluding carboxylic acids is 1. The fraction of sp³-hybridized carbons (Fsp3) is 0.312. The molecule has 0 aliphatic heterocycles. The zero-order chi connectivity index (χ0) is 16.1. The van der Waals surface area contributed by atoms with Crippen LogP contribution in [0.5, 0.6) is 0 Å². The number of nitrogens with zero attached hydrogens (tertiary/aromatic N) is 2. The number of rotatable bonds is 6. The Labute approximate surface area is 128 Å². The number of benzene rings is 1. The first-order chi connectivity index (χ1) is 10.5. The van der Waals surface area contributed by atoms with Gasteiger partial charge in [0, 0.05) is 0 Å². The highest BCUT2D eigenvalue weighted by Crippen LogP contribution is 2.17. The van der Waals surface area contributed by atoms with Crippen molar-refractivity contribution < 1.29 is 14.7 Å². The van der Waals surface area contributed by atoms with Gasteiger partial charge < -0.3 is 10.4 Å². The van der Waals surface area contributed by atoms with Crippen LogP contribution in [0.1, 0.15) is 36.3 Å². The predicted molar refractivity (Wildman–Crippen MR) is 82.1 cm³/mol. The fourth-order valence-corrected chi connectivity index (χ4v) is 2.17. The molecule has 1 atom stereocenters. The lowest BCUT2D eigenvalue weighted by molar-refractivity contribution is -0.138. The Morgan fingerprint density at radius 1 is 1.32 bits per heavy atom. The van der Waals surface area contributed by atoms with Gasteiger partial charge in [-0.05, 0) is 25.5 Å². The smallest absolute Gasteiger partial charge is 0.325 e. The summed E-state index contributed by atoms with van der Waals surface area (Å²) in [4.78, 5) is 23.1. The Morgan fingerprint density at radius 2 is 2.00 bits per heavy atom. The molecule has 0 saturated heterocycles. The number of hydrogen-bond acceptors (Lipinski definition) is 3. The summed E-state index contributed by atoms with van der Waals surface area (Å²) in [6, 6.07) is 8.59. The van der Waals surface area contributed by atoms with Gasteiger partial charge in [0.05, 0.1) is 23.1 Å². The standard InChI is InChI=1S/C16H19N3O3/c1-3-7-14-13(15(20)18-11(2)16(21)22)10-17-19(14)12-8-5-4-6-9-12/h4-6,8-11H,3,7H2,1-2H3,(H,18,20)(H,21,22)/t11-/m1/s1. The molecule has 1 aromatic heterocycles. The first kappa shape index (κ1) is 15.8. The van der Waals surface area contributed by atoms with Gasteiger partial charge >= 0.3 is 5.97 Å². The lowest BCUT2D eigenvalue weighted by Gasteiger charge is -2.11. The molecule has 116 valence electrons. The van der Waals surface area contributed by atoms with Gasteiger partial charge in [-0.15, -0.1) is 0 Å². The molecule has 0 spiro atoms. The second kappa shape index (κ2) is 6.89. The number of carboxylic acid groups (broad SMARTS) is 1. The number of para-hydroxylation sites is 1. The van der Waals surface area contributed by atoms with Crippen molar-refractivity contribution in [3.05, 3.63) is 47.8 Å². The molecule has 2 aromatic rings. The van der Waals surface area contributed by atoms with Gasteiger partial charge in [-0.3, -0.25) is 9.59 Å². The molecule has 1 heterocycles. The van der Waals surface area contributed by atoms with E-state index in [1.807, 2.05) is 37.3 Å². The average molecular weight is 301 g/mol. The summed E-state index contributed by atoms with van der Waals surface area (Å²) in [6.45, 7) is 3.45. The Morgan fingerprint density at radius 3 is 2.59 bits per heavy atom. The van der Waals surface area contributed by atoms with Gasteiger partial charge in [-0.1, -0.05) is 31.5 Å². The molecule has 0 fully saturated rings. The molecule has 6 nitrogen and oxygen atoms in total. The topological polar surface area (TPSA) is 84.2 Å². The fourth-order valence-electron chi connectivity index (χ4n) is 2.17. The number of hydrogen-bond donors (Lipinski definition) is 2. The van der Waals surface area contributed by atoms with E-state index in [9.17, 15) is 9.59 Å². The minimum atomic E-state index is -1.07. The van der Waals surface area contributed by atoms with Crippen LogP contribution in [0.4, 0.5) is 0 Å². The number of nitrogens with one attached hydrogen (secondary N) is 1. The number of carbonyl (C=O) groups is 2. The maximum atomic E-state index is 12.3. The second-order valence-corrected chi connectivity index (χ2v) is 5.04. The van der Waals surface area contributed by atoms with Crippen LogP contribution >= 0.6 is 0 Å². The molecule has 2 rings (SSSR count). The third-order valence-electron chi connectivity index (χ3n) is 3.32. The Kier molecular flexibility index (Phi) is 4.93. The number of aliphatic carboxylic acids is 1. The quantitative estimate of drug-likeness (QED) is 0.855. The Balaban J connectivity index is 2.35. The van der Waals surface area contributed by atoms with Crippen LogP contribution < -0.4 is 5.32 Å². The highest BCUT2D eigenvalue weighted by molar-refractivity contribution is 5.97. The molecule has 0 aliphatic carbocycles. The zero-order valence-electron chi connectivity index (χ0n) is 12.6. The summed E-state index contributed by atoms with van der Waals surface area (Å²) < 4.78 is 1.73. The first-order valence-electron chi connectivity index (χ1n) is 7.20. The van der Waals surface area contributed by atoms with Crippen molar-refractivity contribution in [3.63, 3.8) is 0 Å². The summed E-state index contributed by atoms with van der Waals surface area (Å²) in [7, 11) is 0. The number of aromatic nitrogens is 2. The second-order valence-electron chi connectivity index (χ2n) is 5.04. The van der Waals surface area contributed by atoms with Crippen molar-refractivity contribution in [1.82, 2.24) is 15.1 Å². The molecule has 0 bridgehead atoms. The molecule has 1 amide bonds. The van der Waals surface area contributed by atoms with Gasteiger partial charge in [-0.2, -0.15) is 5.10 Å². The van der Waals surface area contributed by atoms with Gasteiger partial charge in [0.25, 0.3) is 5.91 Å². The highest BCUT2D eigenvalue weighted by Gasteiger charge is 2.21. The zero-order valence-corrected chi connectivity index (χ0v) is 12.6. The molecule has 0 radical (unpaired) electrons. The third-order valence-corrected chi connectivity index (χ3v) is 3.32. The van der Waals surface area contributed by atoms with Crippen molar-refractivity contribution in [2.75, 3.05) is 0 Å².